The highest BCUT2D eigenvalue weighted by molar-refractivity contribution is 9.10. The van der Waals surface area contributed by atoms with Gasteiger partial charge in [-0.3, -0.25) is 4.79 Å². The van der Waals surface area contributed by atoms with E-state index in [-0.39, 0.29) is 21.5 Å². The highest BCUT2D eigenvalue weighted by Gasteiger charge is 2.28. The van der Waals surface area contributed by atoms with E-state index in [0.29, 0.717) is 10.2 Å². The number of hydrogen-bond donors (Lipinski definition) is 2. The second-order valence-corrected chi connectivity index (χ2v) is 8.60. The summed E-state index contributed by atoms with van der Waals surface area (Å²) in [6.07, 6.45) is 1.63. The fourth-order valence-electron chi connectivity index (χ4n) is 2.11. The Labute approximate surface area is 157 Å². The Kier molecular flexibility index (Phi) is 5.15. The molecule has 1 aliphatic carbocycles. The van der Waals surface area contributed by atoms with Crippen molar-refractivity contribution in [1.29, 1.82) is 0 Å². The van der Waals surface area contributed by atoms with E-state index in [2.05, 4.69) is 26.0 Å². The maximum Gasteiger partial charge on any atom is 0.256 e. The Morgan fingerprint density at radius 2 is 1.92 bits per heavy atom. The SMILES string of the molecule is O=C(Nc1ccc(F)c(Cl)c1)c1cc(S(=O)(=O)NC2CC2)ccc1Br. The van der Waals surface area contributed by atoms with Gasteiger partial charge in [0, 0.05) is 16.2 Å². The van der Waals surface area contributed by atoms with Gasteiger partial charge in [-0.2, -0.15) is 0 Å². The van der Waals surface area contributed by atoms with Gasteiger partial charge in [-0.25, -0.2) is 17.5 Å². The number of carbonyl (C=O) groups is 1. The number of halogens is 3. The van der Waals surface area contributed by atoms with Crippen LogP contribution in [0.25, 0.3) is 0 Å². The third-order valence-corrected chi connectivity index (χ3v) is 6.07. The predicted molar refractivity (Wildman–Crippen MR) is 96.8 cm³/mol. The molecule has 0 unspecified atom stereocenters. The average molecular weight is 448 g/mol. The fraction of sp³-hybridized carbons (Fsp3) is 0.188. The molecule has 5 nitrogen and oxygen atoms in total. The van der Waals surface area contributed by atoms with E-state index in [1.807, 2.05) is 0 Å². The molecule has 2 N–H and O–H groups in total. The average Bonchev–Trinajstić information content (AvgIpc) is 3.34. The van der Waals surface area contributed by atoms with Gasteiger partial charge < -0.3 is 5.32 Å². The standard InChI is InChI=1S/C16H13BrClFN2O3S/c17-13-5-4-11(25(23,24)21-9-1-2-9)8-12(13)16(22)20-10-3-6-15(19)14(18)7-10/h3-9,21H,1-2H2,(H,20,22). The summed E-state index contributed by atoms with van der Waals surface area (Å²) >= 11 is 8.93. The van der Waals surface area contributed by atoms with E-state index < -0.39 is 21.7 Å². The number of benzene rings is 2. The van der Waals surface area contributed by atoms with Gasteiger partial charge in [-0.05, 0) is 65.2 Å². The number of nitrogens with one attached hydrogen (secondary N) is 2. The third-order valence-electron chi connectivity index (χ3n) is 3.57. The Morgan fingerprint density at radius 1 is 1.20 bits per heavy atom. The molecular formula is C16H13BrClFN2O3S. The summed E-state index contributed by atoms with van der Waals surface area (Å²) in [5.74, 6) is -1.14. The summed E-state index contributed by atoms with van der Waals surface area (Å²) in [5, 5.41) is 2.44. The topological polar surface area (TPSA) is 75.3 Å². The van der Waals surface area contributed by atoms with Crippen molar-refractivity contribution in [3.63, 3.8) is 0 Å². The number of rotatable bonds is 5. The lowest BCUT2D eigenvalue weighted by atomic mass is 10.2. The quantitative estimate of drug-likeness (QED) is 0.729. The molecule has 25 heavy (non-hydrogen) atoms. The van der Waals surface area contributed by atoms with Gasteiger partial charge in [0.05, 0.1) is 15.5 Å². The van der Waals surface area contributed by atoms with Gasteiger partial charge in [0.15, 0.2) is 0 Å². The fourth-order valence-corrected chi connectivity index (χ4v) is 4.04. The molecule has 0 spiro atoms. The summed E-state index contributed by atoms with van der Waals surface area (Å²) < 4.78 is 40.8. The van der Waals surface area contributed by atoms with Crippen LogP contribution in [0.2, 0.25) is 5.02 Å². The van der Waals surface area contributed by atoms with Crippen LogP contribution >= 0.6 is 27.5 Å². The smallest absolute Gasteiger partial charge is 0.256 e. The lowest BCUT2D eigenvalue weighted by molar-refractivity contribution is 0.102. The van der Waals surface area contributed by atoms with Crippen molar-refractivity contribution < 1.29 is 17.6 Å². The van der Waals surface area contributed by atoms with Crippen molar-refractivity contribution in [3.8, 4) is 0 Å². The number of sulfonamides is 1. The summed E-state index contributed by atoms with van der Waals surface area (Å²) in [6, 6.07) is 7.93. The Bertz CT molecular complexity index is 948. The summed E-state index contributed by atoms with van der Waals surface area (Å²) in [4.78, 5) is 12.5. The van der Waals surface area contributed by atoms with Crippen molar-refractivity contribution in [3.05, 3.63) is 57.3 Å². The Morgan fingerprint density at radius 3 is 2.56 bits per heavy atom. The molecule has 2 aromatic rings. The second kappa shape index (κ2) is 7.03. The van der Waals surface area contributed by atoms with Crippen LogP contribution in [0, 0.1) is 5.82 Å². The zero-order chi connectivity index (χ0) is 18.2. The Hall–Kier alpha value is -1.48. The molecule has 0 radical (unpaired) electrons. The van der Waals surface area contributed by atoms with Gasteiger partial charge in [0.1, 0.15) is 5.82 Å². The molecule has 0 aliphatic heterocycles. The Balaban J connectivity index is 1.86. The summed E-state index contributed by atoms with van der Waals surface area (Å²) in [5.41, 5.74) is 0.437. The monoisotopic (exact) mass is 446 g/mol. The van der Waals surface area contributed by atoms with E-state index in [1.165, 1.54) is 30.3 Å². The van der Waals surface area contributed by atoms with Crippen molar-refractivity contribution >= 4 is 49.1 Å². The van der Waals surface area contributed by atoms with E-state index in [4.69, 9.17) is 11.6 Å². The number of amides is 1. The maximum absolute atomic E-state index is 13.2. The first-order valence-corrected chi connectivity index (χ1v) is 10.00. The first-order valence-electron chi connectivity index (χ1n) is 7.34. The van der Waals surface area contributed by atoms with Crippen molar-refractivity contribution in [2.75, 3.05) is 5.32 Å². The minimum Gasteiger partial charge on any atom is -0.322 e. The van der Waals surface area contributed by atoms with E-state index in [9.17, 15) is 17.6 Å². The third kappa shape index (κ3) is 4.38. The molecule has 0 bridgehead atoms. The van der Waals surface area contributed by atoms with E-state index >= 15 is 0 Å². The number of carbonyl (C=O) groups excluding carboxylic acids is 1. The van der Waals surface area contributed by atoms with Crippen LogP contribution < -0.4 is 10.0 Å². The minimum atomic E-state index is -3.68. The normalized spacial score (nSPS) is 14.4. The van der Waals surface area contributed by atoms with Crippen molar-refractivity contribution in [2.24, 2.45) is 0 Å². The van der Waals surface area contributed by atoms with Gasteiger partial charge >= 0.3 is 0 Å². The molecule has 1 aliphatic rings. The van der Waals surface area contributed by atoms with Gasteiger partial charge in [-0.15, -0.1) is 0 Å². The molecule has 3 rings (SSSR count). The molecule has 1 saturated carbocycles. The largest absolute Gasteiger partial charge is 0.322 e. The second-order valence-electron chi connectivity index (χ2n) is 5.62. The van der Waals surface area contributed by atoms with Crippen LogP contribution in [0.3, 0.4) is 0 Å². The maximum atomic E-state index is 13.2. The zero-order valence-electron chi connectivity index (χ0n) is 12.7. The molecule has 2 aromatic carbocycles. The predicted octanol–water partition coefficient (Wildman–Crippen LogP) is 3.93. The molecule has 132 valence electrons. The highest BCUT2D eigenvalue weighted by atomic mass is 79.9. The number of hydrogen-bond acceptors (Lipinski definition) is 3. The first-order chi connectivity index (χ1) is 11.8. The van der Waals surface area contributed by atoms with Crippen LogP contribution in [-0.2, 0) is 10.0 Å². The van der Waals surface area contributed by atoms with Crippen LogP contribution in [-0.4, -0.2) is 20.4 Å². The van der Waals surface area contributed by atoms with Crippen LogP contribution in [0.15, 0.2) is 45.8 Å². The molecule has 9 heteroatoms. The lowest BCUT2D eigenvalue weighted by Crippen LogP contribution is -2.26. The molecule has 0 aromatic heterocycles. The summed E-state index contributed by atoms with van der Waals surface area (Å²) in [6.45, 7) is 0. The number of anilines is 1. The first kappa shape index (κ1) is 18.3. The van der Waals surface area contributed by atoms with Gasteiger partial charge in [-0.1, -0.05) is 11.6 Å². The van der Waals surface area contributed by atoms with Crippen LogP contribution in [0.1, 0.15) is 23.2 Å². The van der Waals surface area contributed by atoms with Gasteiger partial charge in [0.25, 0.3) is 5.91 Å². The van der Waals surface area contributed by atoms with Crippen molar-refractivity contribution in [1.82, 2.24) is 4.72 Å². The van der Waals surface area contributed by atoms with Gasteiger partial charge in [0.2, 0.25) is 10.0 Å². The molecule has 0 saturated heterocycles. The molecule has 0 heterocycles. The molecule has 1 fully saturated rings. The van der Waals surface area contributed by atoms with Crippen LogP contribution in [0.5, 0.6) is 0 Å². The van der Waals surface area contributed by atoms with E-state index in [1.54, 1.807) is 0 Å². The van der Waals surface area contributed by atoms with Crippen LogP contribution in [0.4, 0.5) is 10.1 Å². The lowest BCUT2D eigenvalue weighted by Gasteiger charge is -2.10. The summed E-state index contributed by atoms with van der Waals surface area (Å²) in [7, 11) is -3.68. The molecule has 1 amide bonds. The minimum absolute atomic E-state index is 0.00453. The zero-order valence-corrected chi connectivity index (χ0v) is 15.9. The van der Waals surface area contributed by atoms with E-state index in [0.717, 1.165) is 18.9 Å². The van der Waals surface area contributed by atoms with Crippen molar-refractivity contribution in [2.45, 2.75) is 23.8 Å². The molecular weight excluding hydrogens is 435 g/mol. The highest BCUT2D eigenvalue weighted by Crippen LogP contribution is 2.26. The molecule has 0 atom stereocenters.